The van der Waals surface area contributed by atoms with Crippen LogP contribution in [0.15, 0.2) is 48.5 Å². The van der Waals surface area contributed by atoms with Gasteiger partial charge in [0.15, 0.2) is 0 Å². The van der Waals surface area contributed by atoms with Gasteiger partial charge in [0.2, 0.25) is 0 Å². The van der Waals surface area contributed by atoms with Crippen LogP contribution in [-0.2, 0) is 17.6 Å². The Morgan fingerprint density at radius 2 is 1.12 bits per heavy atom. The maximum Gasteiger partial charge on any atom is 0.140 e. The van der Waals surface area contributed by atoms with Gasteiger partial charge in [-0.1, -0.05) is 37.1 Å². The minimum Gasteiger partial charge on any atom is -0.408 e. The van der Waals surface area contributed by atoms with Crippen molar-refractivity contribution in [2.75, 3.05) is 0 Å². The molecule has 2 aromatic carbocycles. The Balaban J connectivity index is 1.75. The van der Waals surface area contributed by atoms with Crippen molar-refractivity contribution in [3.63, 3.8) is 0 Å². The predicted octanol–water partition coefficient (Wildman–Crippen LogP) is 3.76. The molecule has 0 amide bonds. The molecule has 0 atom stereocenters. The molecule has 0 N–H and O–H groups in total. The minimum absolute atomic E-state index is 0.239. The number of hydrogen-bond donors (Lipinski definition) is 0. The fourth-order valence-corrected chi connectivity index (χ4v) is 2.28. The van der Waals surface area contributed by atoms with Gasteiger partial charge in [0.25, 0.3) is 0 Å². The van der Waals surface area contributed by atoms with E-state index in [9.17, 15) is 4.79 Å². The third-order valence-corrected chi connectivity index (χ3v) is 3.59. The van der Waals surface area contributed by atoms with E-state index in [0.29, 0.717) is 37.2 Å². The first kappa shape index (κ1) is 17.2. The standard InChI is InChI=1S/C21H18O3/c1-3-23-20-13-7-17(8-14-20)5-11-19(22)12-6-18-9-15-21(16-10-18)24-4-2/h1-2,7-10,13-16H,5-6,11-12H2. The molecule has 24 heavy (non-hydrogen) atoms. The van der Waals surface area contributed by atoms with E-state index < -0.39 is 0 Å². The van der Waals surface area contributed by atoms with Gasteiger partial charge in [0.1, 0.15) is 29.5 Å². The van der Waals surface area contributed by atoms with E-state index in [0.717, 1.165) is 11.1 Å². The Labute approximate surface area is 142 Å². The summed E-state index contributed by atoms with van der Waals surface area (Å²) in [5, 5.41) is 0. The number of aryl methyl sites for hydroxylation is 2. The summed E-state index contributed by atoms with van der Waals surface area (Å²) in [7, 11) is 0. The normalized spacial score (nSPS) is 9.58. The van der Waals surface area contributed by atoms with Crippen LogP contribution in [0.1, 0.15) is 24.0 Å². The second-order valence-corrected chi connectivity index (χ2v) is 5.27. The molecule has 3 heteroatoms. The van der Waals surface area contributed by atoms with Gasteiger partial charge >= 0.3 is 0 Å². The van der Waals surface area contributed by atoms with Gasteiger partial charge in [-0.15, -0.1) is 0 Å². The lowest BCUT2D eigenvalue weighted by molar-refractivity contribution is -0.119. The first-order valence-corrected chi connectivity index (χ1v) is 7.65. The molecule has 3 nitrogen and oxygen atoms in total. The largest absolute Gasteiger partial charge is 0.408 e. The highest BCUT2D eigenvalue weighted by Gasteiger charge is 2.05. The molecular formula is C21H18O3. The molecule has 2 aromatic rings. The van der Waals surface area contributed by atoms with Crippen molar-refractivity contribution in [1.29, 1.82) is 0 Å². The summed E-state index contributed by atoms with van der Waals surface area (Å²) in [6, 6.07) is 14.9. The number of benzene rings is 2. The number of rotatable bonds is 8. The molecule has 0 aliphatic rings. The molecule has 0 heterocycles. The van der Waals surface area contributed by atoms with E-state index in [4.69, 9.17) is 22.3 Å². The average Bonchev–Trinajstić information content (AvgIpc) is 2.61. The number of carbonyl (C=O) groups excluding carboxylic acids is 1. The topological polar surface area (TPSA) is 35.5 Å². The van der Waals surface area contributed by atoms with E-state index in [1.54, 1.807) is 24.3 Å². The van der Waals surface area contributed by atoms with E-state index in [1.807, 2.05) is 24.3 Å². The van der Waals surface area contributed by atoms with E-state index in [-0.39, 0.29) is 5.78 Å². The zero-order valence-electron chi connectivity index (χ0n) is 13.3. The monoisotopic (exact) mass is 318 g/mol. The van der Waals surface area contributed by atoms with Crippen LogP contribution in [0.3, 0.4) is 0 Å². The number of hydrogen-bond acceptors (Lipinski definition) is 3. The highest BCUT2D eigenvalue weighted by atomic mass is 16.5. The Morgan fingerprint density at radius 1 is 0.750 bits per heavy atom. The lowest BCUT2D eigenvalue weighted by Crippen LogP contribution is -2.02. The van der Waals surface area contributed by atoms with Crippen LogP contribution < -0.4 is 9.47 Å². The number of terminal acetylenes is 2. The number of ether oxygens (including phenoxy) is 2. The van der Waals surface area contributed by atoms with E-state index >= 15 is 0 Å². The van der Waals surface area contributed by atoms with Crippen molar-refractivity contribution in [3.8, 4) is 36.6 Å². The molecule has 0 aliphatic carbocycles. The molecule has 0 aliphatic heterocycles. The Kier molecular flexibility index (Phi) is 6.50. The summed E-state index contributed by atoms with van der Waals surface area (Å²) in [6.07, 6.45) is 16.9. The van der Waals surface area contributed by atoms with Crippen LogP contribution in [0.25, 0.3) is 0 Å². The number of carbonyl (C=O) groups is 1. The van der Waals surface area contributed by atoms with E-state index in [1.165, 1.54) is 0 Å². The van der Waals surface area contributed by atoms with Gasteiger partial charge in [-0.25, -0.2) is 0 Å². The predicted molar refractivity (Wildman–Crippen MR) is 93.5 cm³/mol. The second-order valence-electron chi connectivity index (χ2n) is 5.27. The van der Waals surface area contributed by atoms with Crippen molar-refractivity contribution in [3.05, 3.63) is 59.7 Å². The molecule has 0 saturated carbocycles. The van der Waals surface area contributed by atoms with Crippen LogP contribution in [-0.4, -0.2) is 5.78 Å². The highest BCUT2D eigenvalue weighted by molar-refractivity contribution is 5.78. The molecule has 0 radical (unpaired) electrons. The third-order valence-electron chi connectivity index (χ3n) is 3.59. The van der Waals surface area contributed by atoms with Crippen molar-refractivity contribution < 1.29 is 14.3 Å². The van der Waals surface area contributed by atoms with Crippen molar-refractivity contribution in [2.24, 2.45) is 0 Å². The fourth-order valence-electron chi connectivity index (χ4n) is 2.28. The van der Waals surface area contributed by atoms with Gasteiger partial charge in [0, 0.05) is 12.8 Å². The van der Waals surface area contributed by atoms with Crippen LogP contribution in [0.4, 0.5) is 0 Å². The molecule has 120 valence electrons. The van der Waals surface area contributed by atoms with Crippen LogP contribution in [0.2, 0.25) is 0 Å². The Morgan fingerprint density at radius 3 is 1.46 bits per heavy atom. The average molecular weight is 318 g/mol. The molecule has 0 fully saturated rings. The molecule has 0 spiro atoms. The zero-order chi connectivity index (χ0) is 17.2. The maximum absolute atomic E-state index is 12.0. The minimum atomic E-state index is 0.239. The van der Waals surface area contributed by atoms with Crippen LogP contribution in [0.5, 0.6) is 11.5 Å². The van der Waals surface area contributed by atoms with Gasteiger partial charge in [-0.2, -0.15) is 0 Å². The third kappa shape index (κ3) is 5.55. The molecule has 0 aromatic heterocycles. The summed E-state index contributed by atoms with van der Waals surface area (Å²) >= 11 is 0. The lowest BCUT2D eigenvalue weighted by atomic mass is 10.0. The van der Waals surface area contributed by atoms with Gasteiger partial charge in [0.05, 0.1) is 0 Å². The quantitative estimate of drug-likeness (QED) is 0.695. The zero-order valence-corrected chi connectivity index (χ0v) is 13.3. The molecule has 0 unspecified atom stereocenters. The molecule has 0 saturated heterocycles. The SMILES string of the molecule is C#COc1ccc(CCC(=O)CCc2ccc(OC#C)cc2)cc1. The summed E-state index contributed by atoms with van der Waals surface area (Å²) in [4.78, 5) is 12.0. The highest BCUT2D eigenvalue weighted by Crippen LogP contribution is 2.15. The van der Waals surface area contributed by atoms with E-state index in [2.05, 4.69) is 12.2 Å². The molecule has 0 bridgehead atoms. The Hall–Kier alpha value is -3.17. The smallest absolute Gasteiger partial charge is 0.140 e. The van der Waals surface area contributed by atoms with Crippen molar-refractivity contribution in [1.82, 2.24) is 0 Å². The maximum atomic E-state index is 12.0. The summed E-state index contributed by atoms with van der Waals surface area (Å²) < 4.78 is 9.88. The van der Waals surface area contributed by atoms with Crippen molar-refractivity contribution in [2.45, 2.75) is 25.7 Å². The first-order valence-electron chi connectivity index (χ1n) is 7.65. The fraction of sp³-hybridized carbons (Fsp3) is 0.190. The summed E-state index contributed by atoms with van der Waals surface area (Å²) in [5.41, 5.74) is 2.17. The first-order chi connectivity index (χ1) is 11.7. The molecule has 2 rings (SSSR count). The summed E-state index contributed by atoms with van der Waals surface area (Å²) in [5.74, 6) is 1.50. The van der Waals surface area contributed by atoms with Gasteiger partial charge in [-0.3, -0.25) is 4.79 Å². The van der Waals surface area contributed by atoms with Crippen molar-refractivity contribution >= 4 is 5.78 Å². The van der Waals surface area contributed by atoms with Gasteiger partial charge < -0.3 is 9.47 Å². The summed E-state index contributed by atoms with van der Waals surface area (Å²) in [6.45, 7) is 0. The second kappa shape index (κ2) is 9.08. The number of Topliss-reactive ketones (excluding diaryl/α,β-unsaturated/α-hetero) is 1. The van der Waals surface area contributed by atoms with Crippen LogP contribution in [0, 0.1) is 25.1 Å². The van der Waals surface area contributed by atoms with Gasteiger partial charge in [-0.05, 0) is 48.2 Å². The van der Waals surface area contributed by atoms with Crippen LogP contribution >= 0.6 is 0 Å². The number of ketones is 1. The molecular weight excluding hydrogens is 300 g/mol. The Bertz CT molecular complexity index is 678. The lowest BCUT2D eigenvalue weighted by Gasteiger charge is -2.04.